The van der Waals surface area contributed by atoms with Crippen LogP contribution >= 0.6 is 11.6 Å². The highest BCUT2D eigenvalue weighted by Gasteiger charge is 2.26. The van der Waals surface area contributed by atoms with Crippen molar-refractivity contribution in [3.63, 3.8) is 0 Å². The molecule has 1 amide bonds. The van der Waals surface area contributed by atoms with Gasteiger partial charge in [-0.1, -0.05) is 23.7 Å². The van der Waals surface area contributed by atoms with Crippen molar-refractivity contribution in [3.05, 3.63) is 41.0 Å². The third-order valence-electron chi connectivity index (χ3n) is 5.15. The van der Waals surface area contributed by atoms with E-state index in [-0.39, 0.29) is 18.5 Å². The molecule has 1 aliphatic heterocycles. The molecule has 0 spiro atoms. The number of carbonyl (C=O) groups excluding carboxylic acids is 1. The molecule has 1 saturated heterocycles. The largest absolute Gasteiger partial charge is 0.480 e. The van der Waals surface area contributed by atoms with Crippen molar-refractivity contribution < 1.29 is 14.7 Å². The second-order valence-corrected chi connectivity index (χ2v) is 7.41. The summed E-state index contributed by atoms with van der Waals surface area (Å²) in [7, 11) is 0. The maximum Gasteiger partial charge on any atom is 0.323 e. The lowest BCUT2D eigenvalue weighted by molar-refractivity contribution is -0.145. The van der Waals surface area contributed by atoms with Crippen LogP contribution in [0.3, 0.4) is 0 Å². The van der Waals surface area contributed by atoms with Crippen LogP contribution in [0.1, 0.15) is 31.7 Å². The zero-order valence-corrected chi connectivity index (χ0v) is 16.2. The summed E-state index contributed by atoms with van der Waals surface area (Å²) in [6, 6.07) is 7.78. The van der Waals surface area contributed by atoms with Gasteiger partial charge in [-0.15, -0.1) is 0 Å². The zero-order valence-electron chi connectivity index (χ0n) is 15.4. The predicted octanol–water partition coefficient (Wildman–Crippen LogP) is 3.18. The number of hydrogen-bond donors (Lipinski definition) is 1. The van der Waals surface area contributed by atoms with Gasteiger partial charge in [0.05, 0.1) is 5.52 Å². The van der Waals surface area contributed by atoms with E-state index < -0.39 is 5.97 Å². The molecule has 0 radical (unpaired) electrons. The summed E-state index contributed by atoms with van der Waals surface area (Å²) >= 11 is 6.46. The van der Waals surface area contributed by atoms with Crippen LogP contribution in [-0.2, 0) is 16.1 Å². The number of carboxylic acid groups (broad SMARTS) is 1. The number of hydrogen-bond acceptors (Lipinski definition) is 4. The fraction of sp³-hybridized carbons (Fsp3) is 0.450. The lowest BCUT2D eigenvalue weighted by atomic mass is 10.1. The molecule has 7 heteroatoms. The van der Waals surface area contributed by atoms with E-state index in [9.17, 15) is 9.59 Å². The Hall–Kier alpha value is -2.18. The van der Waals surface area contributed by atoms with Crippen LogP contribution in [-0.4, -0.2) is 57.4 Å². The van der Waals surface area contributed by atoms with Gasteiger partial charge in [0, 0.05) is 48.2 Å². The maximum absolute atomic E-state index is 11.9. The molecule has 0 saturated carbocycles. The molecule has 0 bridgehead atoms. The number of carbonyl (C=O) groups is 2. The standard InChI is InChI=1S/C20H24ClN3O3/c1-14(25)24(13-19(26)27)16-5-3-10-23(11-8-16)12-17-18(21)7-6-15-4-2-9-22-20(15)17/h2,4,6-7,9,16H,3,5,8,10-13H2,1H3,(H,26,27). The molecule has 1 N–H and O–H groups in total. The van der Waals surface area contributed by atoms with Crippen molar-refractivity contribution in [2.24, 2.45) is 0 Å². The first-order chi connectivity index (χ1) is 13.0. The Bertz CT molecular complexity index is 842. The molecule has 3 rings (SSSR count). The topological polar surface area (TPSA) is 73.7 Å². The molecule has 144 valence electrons. The number of nitrogens with zero attached hydrogens (tertiary/aromatic N) is 3. The summed E-state index contributed by atoms with van der Waals surface area (Å²) < 4.78 is 0. The Morgan fingerprint density at radius 3 is 2.85 bits per heavy atom. The van der Waals surface area contributed by atoms with Crippen LogP contribution in [0.4, 0.5) is 0 Å². The number of carboxylic acids is 1. The summed E-state index contributed by atoms with van der Waals surface area (Å²) in [5, 5.41) is 10.9. The number of pyridine rings is 1. The minimum Gasteiger partial charge on any atom is -0.480 e. The van der Waals surface area contributed by atoms with Crippen molar-refractivity contribution >= 4 is 34.4 Å². The Kier molecular flexibility index (Phi) is 6.29. The van der Waals surface area contributed by atoms with E-state index >= 15 is 0 Å². The van der Waals surface area contributed by atoms with Crippen molar-refractivity contribution in [1.29, 1.82) is 0 Å². The van der Waals surface area contributed by atoms with Gasteiger partial charge in [0.1, 0.15) is 6.54 Å². The molecule has 2 heterocycles. The first-order valence-corrected chi connectivity index (χ1v) is 9.57. The molecular formula is C20H24ClN3O3. The molecule has 1 fully saturated rings. The van der Waals surface area contributed by atoms with Crippen molar-refractivity contribution in [1.82, 2.24) is 14.8 Å². The number of aliphatic carboxylic acids is 1. The minimum absolute atomic E-state index is 0.0373. The Labute approximate surface area is 163 Å². The number of amides is 1. The number of fused-ring (bicyclic) bond motifs is 1. The van der Waals surface area contributed by atoms with Gasteiger partial charge in [0.15, 0.2) is 0 Å². The van der Waals surface area contributed by atoms with Gasteiger partial charge in [-0.05, 0) is 37.9 Å². The average Bonchev–Trinajstić information content (AvgIpc) is 2.87. The lowest BCUT2D eigenvalue weighted by Gasteiger charge is -2.29. The number of rotatable bonds is 5. The van der Waals surface area contributed by atoms with Gasteiger partial charge in [-0.2, -0.15) is 0 Å². The zero-order chi connectivity index (χ0) is 19.4. The monoisotopic (exact) mass is 389 g/mol. The molecule has 0 aliphatic carbocycles. The Morgan fingerprint density at radius 2 is 2.11 bits per heavy atom. The van der Waals surface area contributed by atoms with Crippen LogP contribution in [0.2, 0.25) is 5.02 Å². The summed E-state index contributed by atoms with van der Waals surface area (Å²) in [5.41, 5.74) is 1.93. The summed E-state index contributed by atoms with van der Waals surface area (Å²) in [4.78, 5) is 31.3. The second kappa shape index (κ2) is 8.67. The molecular weight excluding hydrogens is 366 g/mol. The van der Waals surface area contributed by atoms with Crippen LogP contribution in [0, 0.1) is 0 Å². The lowest BCUT2D eigenvalue weighted by Crippen LogP contribution is -2.42. The second-order valence-electron chi connectivity index (χ2n) is 7.00. The van der Waals surface area contributed by atoms with Gasteiger partial charge in [0.2, 0.25) is 5.91 Å². The van der Waals surface area contributed by atoms with Gasteiger partial charge < -0.3 is 10.0 Å². The van der Waals surface area contributed by atoms with Crippen molar-refractivity contribution in [2.75, 3.05) is 19.6 Å². The highest BCUT2D eigenvalue weighted by atomic mass is 35.5. The summed E-state index contributed by atoms with van der Waals surface area (Å²) in [6.45, 7) is 3.56. The molecule has 1 atom stereocenters. The predicted molar refractivity (Wildman–Crippen MR) is 105 cm³/mol. The van der Waals surface area contributed by atoms with E-state index in [1.807, 2.05) is 24.3 Å². The quantitative estimate of drug-likeness (QED) is 0.850. The molecule has 1 unspecified atom stereocenters. The number of aromatic nitrogens is 1. The molecule has 2 aromatic rings. The fourth-order valence-electron chi connectivity index (χ4n) is 3.81. The molecule has 1 aliphatic rings. The number of benzene rings is 1. The normalized spacial score (nSPS) is 18.2. The smallest absolute Gasteiger partial charge is 0.323 e. The van der Waals surface area contributed by atoms with Gasteiger partial charge in [0.25, 0.3) is 0 Å². The van der Waals surface area contributed by atoms with E-state index in [1.54, 1.807) is 6.20 Å². The van der Waals surface area contributed by atoms with E-state index in [2.05, 4.69) is 9.88 Å². The summed E-state index contributed by atoms with van der Waals surface area (Å²) in [5.74, 6) is -1.16. The Morgan fingerprint density at radius 1 is 1.30 bits per heavy atom. The van der Waals surface area contributed by atoms with E-state index in [0.29, 0.717) is 11.6 Å². The van der Waals surface area contributed by atoms with Crippen LogP contribution in [0.5, 0.6) is 0 Å². The Balaban J connectivity index is 1.73. The van der Waals surface area contributed by atoms with Gasteiger partial charge >= 0.3 is 5.97 Å². The van der Waals surface area contributed by atoms with Crippen LogP contribution in [0.25, 0.3) is 10.9 Å². The average molecular weight is 390 g/mol. The van der Waals surface area contributed by atoms with Crippen LogP contribution < -0.4 is 0 Å². The first-order valence-electron chi connectivity index (χ1n) is 9.19. The van der Waals surface area contributed by atoms with Crippen LogP contribution in [0.15, 0.2) is 30.5 Å². The van der Waals surface area contributed by atoms with Crippen molar-refractivity contribution in [3.8, 4) is 0 Å². The van der Waals surface area contributed by atoms with E-state index in [0.717, 1.165) is 48.8 Å². The fourth-order valence-corrected chi connectivity index (χ4v) is 4.02. The highest BCUT2D eigenvalue weighted by Crippen LogP contribution is 2.27. The van der Waals surface area contributed by atoms with Gasteiger partial charge in [-0.3, -0.25) is 19.5 Å². The highest BCUT2D eigenvalue weighted by molar-refractivity contribution is 6.32. The third kappa shape index (κ3) is 4.76. The number of likely N-dealkylation sites (tertiary alicyclic amines) is 1. The summed E-state index contributed by atoms with van der Waals surface area (Å²) in [6.07, 6.45) is 4.24. The molecule has 1 aromatic carbocycles. The molecule has 6 nitrogen and oxygen atoms in total. The third-order valence-corrected chi connectivity index (χ3v) is 5.50. The first kappa shape index (κ1) is 19.6. The molecule has 1 aromatic heterocycles. The molecule has 27 heavy (non-hydrogen) atoms. The number of halogens is 1. The van der Waals surface area contributed by atoms with Crippen molar-refractivity contribution in [2.45, 2.75) is 38.8 Å². The SMILES string of the molecule is CC(=O)N(CC(=O)O)C1CCCN(Cc2c(Cl)ccc3cccnc23)CC1. The van der Waals surface area contributed by atoms with Gasteiger partial charge in [-0.25, -0.2) is 0 Å². The van der Waals surface area contributed by atoms with E-state index in [1.165, 1.54) is 11.8 Å². The van der Waals surface area contributed by atoms with E-state index in [4.69, 9.17) is 16.7 Å². The minimum atomic E-state index is -0.972. The maximum atomic E-state index is 11.9.